The van der Waals surface area contributed by atoms with E-state index in [9.17, 15) is 9.90 Å². The molecule has 0 spiro atoms. The maximum absolute atomic E-state index is 12.2. The first kappa shape index (κ1) is 25.7. The molecule has 38 heavy (non-hydrogen) atoms. The summed E-state index contributed by atoms with van der Waals surface area (Å²) in [5.41, 5.74) is 2.25. The third-order valence-electron chi connectivity index (χ3n) is 6.43. The molecular weight excluding hydrogens is 506 g/mol. The number of ether oxygens (including phenoxy) is 2. The number of pyridine rings is 1. The number of hydrogen-bond donors (Lipinski definition) is 2. The van der Waals surface area contributed by atoms with Crippen molar-refractivity contribution < 1.29 is 19.4 Å². The standard InChI is InChI=1S/C28H28ClN5O4/c29-22-14-19(10-11-24(22)37-16-20-6-1-3-12-30-20)33-28-27-23(31-18-32-28)8-5-9-25(27)38-17-21-7-2-4-13-34(21)26(36)15-35/h1,3,5-6,8-12,14,18,21,35H,2,4,7,13,15-17H2,(H,31,32,33)/t21-/m1/s1. The lowest BCUT2D eigenvalue weighted by Gasteiger charge is -2.35. The third-order valence-corrected chi connectivity index (χ3v) is 6.73. The highest BCUT2D eigenvalue weighted by Gasteiger charge is 2.27. The molecule has 0 saturated carbocycles. The average molecular weight is 534 g/mol. The van der Waals surface area contributed by atoms with Gasteiger partial charge in [-0.25, -0.2) is 9.97 Å². The van der Waals surface area contributed by atoms with Crippen LogP contribution in [-0.4, -0.2) is 56.7 Å². The highest BCUT2D eigenvalue weighted by molar-refractivity contribution is 6.32. The lowest BCUT2D eigenvalue weighted by molar-refractivity contribution is -0.138. The van der Waals surface area contributed by atoms with Crippen molar-refractivity contribution in [2.24, 2.45) is 0 Å². The van der Waals surface area contributed by atoms with Gasteiger partial charge < -0.3 is 24.8 Å². The fourth-order valence-electron chi connectivity index (χ4n) is 4.54. The SMILES string of the molecule is O=C(CO)N1CCCC[C@@H]1COc1cccc2ncnc(Nc3ccc(OCc4ccccn4)c(Cl)c3)c12. The Morgan fingerprint density at radius 1 is 1.05 bits per heavy atom. The topological polar surface area (TPSA) is 110 Å². The molecule has 10 heteroatoms. The number of rotatable bonds is 9. The number of nitrogens with one attached hydrogen (secondary N) is 1. The molecule has 1 fully saturated rings. The van der Waals surface area contributed by atoms with E-state index in [-0.39, 0.29) is 11.9 Å². The van der Waals surface area contributed by atoms with Crippen LogP contribution in [0.5, 0.6) is 11.5 Å². The lowest BCUT2D eigenvalue weighted by Crippen LogP contribution is -2.47. The molecular formula is C28H28ClN5O4. The summed E-state index contributed by atoms with van der Waals surface area (Å²) in [5.74, 6) is 1.45. The summed E-state index contributed by atoms with van der Waals surface area (Å²) in [6.45, 7) is 0.754. The molecule has 5 rings (SSSR count). The van der Waals surface area contributed by atoms with Crippen LogP contribution in [0.3, 0.4) is 0 Å². The number of benzene rings is 2. The number of carbonyl (C=O) groups excluding carboxylic acids is 1. The molecule has 1 aliphatic heterocycles. The molecule has 3 heterocycles. The summed E-state index contributed by atoms with van der Waals surface area (Å²) in [7, 11) is 0. The van der Waals surface area contributed by atoms with Crippen LogP contribution < -0.4 is 14.8 Å². The molecule has 0 aliphatic carbocycles. The van der Waals surface area contributed by atoms with Crippen LogP contribution in [-0.2, 0) is 11.4 Å². The normalized spacial score (nSPS) is 15.3. The van der Waals surface area contributed by atoms with Crippen molar-refractivity contribution in [2.45, 2.75) is 31.9 Å². The van der Waals surface area contributed by atoms with E-state index < -0.39 is 6.61 Å². The van der Waals surface area contributed by atoms with Gasteiger partial charge in [0, 0.05) is 18.4 Å². The maximum Gasteiger partial charge on any atom is 0.248 e. The Hall–Kier alpha value is -3.95. The van der Waals surface area contributed by atoms with Crippen molar-refractivity contribution in [3.8, 4) is 11.5 Å². The molecule has 2 N–H and O–H groups in total. The fourth-order valence-corrected chi connectivity index (χ4v) is 4.78. The highest BCUT2D eigenvalue weighted by Crippen LogP contribution is 2.34. The largest absolute Gasteiger partial charge is 0.491 e. The summed E-state index contributed by atoms with van der Waals surface area (Å²) in [6, 6.07) is 16.6. The van der Waals surface area contributed by atoms with Crippen molar-refractivity contribution >= 4 is 39.9 Å². The molecule has 9 nitrogen and oxygen atoms in total. The number of amides is 1. The van der Waals surface area contributed by atoms with Crippen molar-refractivity contribution in [1.82, 2.24) is 19.9 Å². The fraction of sp³-hybridized carbons (Fsp3) is 0.286. The van der Waals surface area contributed by atoms with Crippen molar-refractivity contribution in [1.29, 1.82) is 0 Å². The van der Waals surface area contributed by atoms with E-state index in [0.717, 1.165) is 36.0 Å². The molecule has 0 bridgehead atoms. The number of nitrogens with zero attached hydrogens (tertiary/aromatic N) is 4. The minimum Gasteiger partial charge on any atom is -0.491 e. The summed E-state index contributed by atoms with van der Waals surface area (Å²) in [4.78, 5) is 27.0. The van der Waals surface area contributed by atoms with Gasteiger partial charge >= 0.3 is 0 Å². The van der Waals surface area contributed by atoms with Gasteiger partial charge in [-0.05, 0) is 61.7 Å². The molecule has 0 unspecified atom stereocenters. The number of likely N-dealkylation sites (tertiary alicyclic amines) is 1. The van der Waals surface area contributed by atoms with Gasteiger partial charge in [0.15, 0.2) is 0 Å². The first-order chi connectivity index (χ1) is 18.6. The zero-order valence-electron chi connectivity index (χ0n) is 20.7. The van der Waals surface area contributed by atoms with Crippen molar-refractivity contribution in [2.75, 3.05) is 25.1 Å². The van der Waals surface area contributed by atoms with Crippen LogP contribution >= 0.6 is 11.6 Å². The number of fused-ring (bicyclic) bond motifs is 1. The Morgan fingerprint density at radius 3 is 2.79 bits per heavy atom. The number of piperidine rings is 1. The van der Waals surface area contributed by atoms with E-state index in [2.05, 4.69) is 20.3 Å². The maximum atomic E-state index is 12.2. The molecule has 1 aliphatic rings. The molecule has 196 valence electrons. The molecule has 2 aromatic heterocycles. The number of halogens is 1. The van der Waals surface area contributed by atoms with Gasteiger partial charge in [-0.3, -0.25) is 9.78 Å². The van der Waals surface area contributed by atoms with Crippen LogP contribution in [0.2, 0.25) is 5.02 Å². The zero-order chi connectivity index (χ0) is 26.3. The van der Waals surface area contributed by atoms with Crippen LogP contribution in [0.4, 0.5) is 11.5 Å². The Balaban J connectivity index is 1.33. The Bertz CT molecular complexity index is 1400. The van der Waals surface area contributed by atoms with Gasteiger partial charge in [0.25, 0.3) is 0 Å². The number of aliphatic hydroxyl groups excluding tert-OH is 1. The van der Waals surface area contributed by atoms with E-state index in [1.165, 1.54) is 6.33 Å². The second-order valence-corrected chi connectivity index (χ2v) is 9.37. The molecule has 0 radical (unpaired) electrons. The number of aromatic nitrogens is 3. The van der Waals surface area contributed by atoms with Gasteiger partial charge in [-0.2, -0.15) is 0 Å². The number of carbonyl (C=O) groups is 1. The zero-order valence-corrected chi connectivity index (χ0v) is 21.5. The Morgan fingerprint density at radius 2 is 1.97 bits per heavy atom. The summed E-state index contributed by atoms with van der Waals surface area (Å²) >= 11 is 6.51. The third kappa shape index (κ3) is 5.95. The number of anilines is 2. The molecule has 1 amide bonds. The monoisotopic (exact) mass is 533 g/mol. The summed E-state index contributed by atoms with van der Waals surface area (Å²) < 4.78 is 12.1. The summed E-state index contributed by atoms with van der Waals surface area (Å²) in [5, 5.41) is 13.8. The second kappa shape index (κ2) is 12.1. The van der Waals surface area contributed by atoms with Gasteiger partial charge in [0.1, 0.15) is 43.5 Å². The van der Waals surface area contributed by atoms with E-state index in [0.29, 0.717) is 47.6 Å². The molecule has 2 aromatic carbocycles. The second-order valence-electron chi connectivity index (χ2n) is 8.96. The van der Waals surface area contributed by atoms with E-state index in [1.54, 1.807) is 23.2 Å². The first-order valence-electron chi connectivity index (χ1n) is 12.5. The van der Waals surface area contributed by atoms with Gasteiger partial charge in [-0.1, -0.05) is 23.7 Å². The number of hydrogen-bond acceptors (Lipinski definition) is 8. The van der Waals surface area contributed by atoms with Gasteiger partial charge in [0.2, 0.25) is 5.91 Å². The smallest absolute Gasteiger partial charge is 0.248 e. The average Bonchev–Trinajstić information content (AvgIpc) is 2.96. The van der Waals surface area contributed by atoms with E-state index in [4.69, 9.17) is 21.1 Å². The minimum atomic E-state index is -0.498. The number of aliphatic hydroxyl groups is 1. The highest BCUT2D eigenvalue weighted by atomic mass is 35.5. The lowest BCUT2D eigenvalue weighted by atomic mass is 10.0. The summed E-state index contributed by atoms with van der Waals surface area (Å²) in [6.07, 6.45) is 5.97. The predicted octanol–water partition coefficient (Wildman–Crippen LogP) is 4.75. The van der Waals surface area contributed by atoms with Crippen molar-refractivity contribution in [3.05, 3.63) is 77.8 Å². The Labute approximate surface area is 225 Å². The van der Waals surface area contributed by atoms with Crippen molar-refractivity contribution in [3.63, 3.8) is 0 Å². The van der Waals surface area contributed by atoms with E-state index >= 15 is 0 Å². The predicted molar refractivity (Wildman–Crippen MR) is 145 cm³/mol. The van der Waals surface area contributed by atoms with Crippen LogP contribution in [0.25, 0.3) is 10.9 Å². The van der Waals surface area contributed by atoms with Gasteiger partial charge in [0.05, 0.1) is 27.7 Å². The van der Waals surface area contributed by atoms with Crippen LogP contribution in [0, 0.1) is 0 Å². The van der Waals surface area contributed by atoms with E-state index in [1.807, 2.05) is 42.5 Å². The quantitative estimate of drug-likeness (QED) is 0.317. The van der Waals surface area contributed by atoms with Crippen LogP contribution in [0.15, 0.2) is 67.1 Å². The minimum absolute atomic E-state index is 0.0999. The Kier molecular flexibility index (Phi) is 8.15. The molecule has 4 aromatic rings. The first-order valence-corrected chi connectivity index (χ1v) is 12.9. The molecule has 1 saturated heterocycles. The van der Waals surface area contributed by atoms with Gasteiger partial charge in [-0.15, -0.1) is 0 Å². The molecule has 1 atom stereocenters. The van der Waals surface area contributed by atoms with Crippen LogP contribution in [0.1, 0.15) is 25.0 Å².